The van der Waals surface area contributed by atoms with Crippen molar-refractivity contribution in [3.05, 3.63) is 69.2 Å². The first kappa shape index (κ1) is 24.9. The molecule has 0 heterocycles. The fraction of sp³-hybridized carbons (Fsp3) is 0. The molecule has 3 rings (SSSR count). The maximum atomic E-state index is 12.1. The number of benzene rings is 3. The minimum atomic E-state index is -1.08. The Labute approximate surface area is 207 Å². The molecule has 0 unspecified atom stereocenters. The molecule has 0 saturated carbocycles. The second kappa shape index (κ2) is 10.3. The molecule has 0 radical (unpaired) electrons. The van der Waals surface area contributed by atoms with Gasteiger partial charge in [-0.15, -0.1) is 5.11 Å². The quantitative estimate of drug-likeness (QED) is 0.160. The third-order valence-electron chi connectivity index (χ3n) is 3.97. The summed E-state index contributed by atoms with van der Waals surface area (Å²) >= 11 is 5.73. The summed E-state index contributed by atoms with van der Waals surface area (Å²) in [4.78, 5) is 21.2. The van der Waals surface area contributed by atoms with Gasteiger partial charge in [-0.05, 0) is 30.3 Å². The van der Waals surface area contributed by atoms with Crippen LogP contribution in [0.15, 0.2) is 58.8 Å². The van der Waals surface area contributed by atoms with Crippen LogP contribution in [0.2, 0.25) is 5.02 Å². The Balaban J connectivity index is 0.00000363. The van der Waals surface area contributed by atoms with Crippen molar-refractivity contribution in [2.45, 2.75) is 0 Å². The second-order valence-electron chi connectivity index (χ2n) is 6.11. The van der Waals surface area contributed by atoms with Gasteiger partial charge in [0, 0.05) is 23.2 Å². The summed E-state index contributed by atoms with van der Waals surface area (Å²) in [6, 6.07) is 10.1. The van der Waals surface area contributed by atoms with Gasteiger partial charge in [0.1, 0.15) is 11.4 Å². The number of halogens is 1. The van der Waals surface area contributed by atoms with Gasteiger partial charge in [0.15, 0.2) is 5.75 Å². The molecule has 32 heavy (non-hydrogen) atoms. The van der Waals surface area contributed by atoms with E-state index < -0.39 is 22.3 Å². The Kier molecular flexibility index (Phi) is 8.00. The molecule has 0 aromatic heterocycles. The third-order valence-corrected chi connectivity index (χ3v) is 4.25. The number of nitro groups is 1. The fourth-order valence-electron chi connectivity index (χ4n) is 2.42. The predicted molar refractivity (Wildman–Crippen MR) is 110 cm³/mol. The number of aromatic carboxylic acids is 1. The van der Waals surface area contributed by atoms with Crippen LogP contribution in [-0.2, 0) is 0 Å². The topological polar surface area (TPSA) is 189 Å². The van der Waals surface area contributed by atoms with Crippen molar-refractivity contribution in [2.24, 2.45) is 10.2 Å². The van der Waals surface area contributed by atoms with Crippen LogP contribution >= 0.6 is 11.6 Å². The fourth-order valence-corrected chi connectivity index (χ4v) is 2.63. The smallest absolute Gasteiger partial charge is 0.870 e. The zero-order valence-corrected chi connectivity index (χ0v) is 19.2. The molecule has 3 aromatic carbocycles. The molecule has 0 spiro atoms. The Morgan fingerprint density at radius 3 is 2.25 bits per heavy atom. The van der Waals surface area contributed by atoms with E-state index in [2.05, 4.69) is 10.2 Å². The monoisotopic (exact) mass is 465 g/mol. The maximum absolute atomic E-state index is 12.1. The molecule has 158 valence electrons. The van der Waals surface area contributed by atoms with Crippen LogP contribution in [0.4, 0.5) is 28.4 Å². The number of carboxylic acid groups (broad SMARTS) is 1. The van der Waals surface area contributed by atoms with Crippen LogP contribution in [0.1, 0.15) is 10.4 Å². The van der Waals surface area contributed by atoms with Gasteiger partial charge in [0.25, 0.3) is 5.69 Å². The summed E-state index contributed by atoms with van der Waals surface area (Å²) in [5.41, 5.74) is 11.5. The molecule has 5 N–H and O–H groups in total. The largest absolute Gasteiger partial charge is 1.00 e. The zero-order chi connectivity index (χ0) is 22.7. The summed E-state index contributed by atoms with van der Waals surface area (Å²) in [6.45, 7) is 0. The van der Waals surface area contributed by atoms with E-state index in [1.54, 1.807) is 0 Å². The molecule has 13 heteroatoms. The molecule has 11 nitrogen and oxygen atoms in total. The van der Waals surface area contributed by atoms with E-state index in [-0.39, 0.29) is 68.6 Å². The van der Waals surface area contributed by atoms with Crippen LogP contribution in [0.25, 0.3) is 0 Å². The summed E-state index contributed by atoms with van der Waals surface area (Å²) in [6.07, 6.45) is 0. The van der Waals surface area contributed by atoms with Crippen LogP contribution in [-0.4, -0.2) is 16.0 Å². The number of nitrogens with two attached hydrogens (primary N) is 2. The van der Waals surface area contributed by atoms with Crippen molar-refractivity contribution >= 4 is 46.0 Å². The Morgan fingerprint density at radius 2 is 1.66 bits per heavy atom. The van der Waals surface area contributed by atoms with Gasteiger partial charge in [-0.1, -0.05) is 17.4 Å². The van der Waals surface area contributed by atoms with E-state index in [0.717, 1.165) is 12.1 Å². The molecular formula is C19H13ClN5NaO6. The van der Waals surface area contributed by atoms with Crippen molar-refractivity contribution < 1.29 is 54.2 Å². The first-order chi connectivity index (χ1) is 14.7. The van der Waals surface area contributed by atoms with E-state index in [0.29, 0.717) is 5.75 Å². The van der Waals surface area contributed by atoms with E-state index in [1.165, 1.54) is 36.4 Å². The Bertz CT molecular complexity index is 1220. The van der Waals surface area contributed by atoms with Gasteiger partial charge in [0.2, 0.25) is 0 Å². The molecule has 0 atom stereocenters. The van der Waals surface area contributed by atoms with E-state index in [4.69, 9.17) is 32.9 Å². The van der Waals surface area contributed by atoms with Crippen molar-refractivity contribution in [3.63, 3.8) is 0 Å². The minimum absolute atomic E-state index is 0. The normalized spacial score (nSPS) is 10.5. The Morgan fingerprint density at radius 1 is 1.03 bits per heavy atom. The molecule has 0 aliphatic carbocycles. The summed E-state index contributed by atoms with van der Waals surface area (Å²) in [7, 11) is 0. The summed E-state index contributed by atoms with van der Waals surface area (Å²) < 4.78 is 5.64. The molecular weight excluding hydrogens is 453 g/mol. The molecule has 0 aliphatic heterocycles. The van der Waals surface area contributed by atoms with Gasteiger partial charge in [0.05, 0.1) is 27.5 Å². The molecule has 0 amide bonds. The number of hydrogen-bond donors (Lipinski definition) is 3. The van der Waals surface area contributed by atoms with E-state index in [1.807, 2.05) is 0 Å². The van der Waals surface area contributed by atoms with Crippen LogP contribution in [0.5, 0.6) is 17.2 Å². The predicted octanol–water partition coefficient (Wildman–Crippen LogP) is 1.40. The molecule has 0 bridgehead atoms. The van der Waals surface area contributed by atoms with Crippen molar-refractivity contribution in [1.29, 1.82) is 0 Å². The average molecular weight is 466 g/mol. The van der Waals surface area contributed by atoms with Gasteiger partial charge in [-0.25, -0.2) is 4.79 Å². The number of azo groups is 1. The third kappa shape index (κ3) is 5.65. The molecule has 3 aromatic rings. The summed E-state index contributed by atoms with van der Waals surface area (Å²) in [5, 5.41) is 39.2. The van der Waals surface area contributed by atoms with Crippen LogP contribution in [0.3, 0.4) is 0 Å². The number of hydrogen-bond acceptors (Lipinski definition) is 9. The zero-order valence-electron chi connectivity index (χ0n) is 16.5. The second-order valence-corrected chi connectivity index (χ2v) is 6.52. The number of carboxylic acids is 1. The Hall–Kier alpha value is -3.38. The average Bonchev–Trinajstić information content (AvgIpc) is 2.72. The van der Waals surface area contributed by atoms with Gasteiger partial charge in [-0.3, -0.25) is 10.1 Å². The van der Waals surface area contributed by atoms with Gasteiger partial charge >= 0.3 is 35.5 Å². The van der Waals surface area contributed by atoms with Crippen molar-refractivity contribution in [2.75, 3.05) is 11.5 Å². The van der Waals surface area contributed by atoms with E-state index in [9.17, 15) is 20.0 Å². The van der Waals surface area contributed by atoms with Crippen LogP contribution in [0, 0.1) is 10.1 Å². The number of rotatable bonds is 6. The number of nitro benzene ring substituents is 1. The van der Waals surface area contributed by atoms with Gasteiger partial charge in [-0.2, -0.15) is 5.11 Å². The van der Waals surface area contributed by atoms with Crippen molar-refractivity contribution in [3.8, 4) is 17.2 Å². The molecule has 0 saturated heterocycles. The van der Waals surface area contributed by atoms with Crippen molar-refractivity contribution in [1.82, 2.24) is 0 Å². The minimum Gasteiger partial charge on any atom is -0.870 e. The SMILES string of the molecule is Nc1cc(N)c(Oc2ccc(C(=O)O)cc2)cc1N=Nc1cc([N+](=O)[O-])cc(Cl)c1[O-].[Na+]. The number of carbonyl (C=O) groups is 1. The first-order valence-electron chi connectivity index (χ1n) is 8.42. The first-order valence-corrected chi connectivity index (χ1v) is 8.80. The number of anilines is 2. The number of ether oxygens (including phenoxy) is 1. The number of nitrogens with zero attached hydrogens (tertiary/aromatic N) is 3. The maximum Gasteiger partial charge on any atom is 1.00 e. The molecule has 0 fully saturated rings. The number of non-ortho nitro benzene ring substituents is 1. The van der Waals surface area contributed by atoms with Crippen LogP contribution < -0.4 is 50.9 Å². The number of nitrogen functional groups attached to an aromatic ring is 2. The standard InChI is InChI=1S/C19H14ClN5O6.Na/c20-12-5-10(25(29)30)6-16(18(12)26)24-23-15-8-17(14(22)7-13(15)21)31-11-3-1-9(2-4-11)19(27)28;/h1-8,26H,21-22H2,(H,27,28);/q;+1/p-1. The van der Waals surface area contributed by atoms with E-state index >= 15 is 0 Å². The van der Waals surface area contributed by atoms with Gasteiger partial charge < -0.3 is 26.4 Å². The molecule has 0 aliphatic rings. The summed E-state index contributed by atoms with van der Waals surface area (Å²) in [5.74, 6) is -1.37.